The first-order valence-corrected chi connectivity index (χ1v) is 6.64. The Morgan fingerprint density at radius 1 is 1.28 bits per heavy atom. The molecule has 2 N–H and O–H groups in total. The molecule has 0 bridgehead atoms. The molecule has 1 unspecified atom stereocenters. The van der Waals surface area contributed by atoms with Gasteiger partial charge in [0.1, 0.15) is 6.17 Å². The van der Waals surface area contributed by atoms with Crippen molar-refractivity contribution < 1.29 is 4.79 Å². The van der Waals surface area contributed by atoms with E-state index in [0.29, 0.717) is 6.54 Å². The van der Waals surface area contributed by atoms with Gasteiger partial charge in [0.2, 0.25) is 9.70 Å². The molecule has 0 aliphatic heterocycles. The number of benzene rings is 1. The highest BCUT2D eigenvalue weighted by Crippen LogP contribution is 2.28. The molecule has 0 aromatic heterocycles. The average molecular weight is 310 g/mol. The van der Waals surface area contributed by atoms with E-state index in [0.717, 1.165) is 6.42 Å². The van der Waals surface area contributed by atoms with Crippen LogP contribution in [0, 0.1) is 0 Å². The van der Waals surface area contributed by atoms with Gasteiger partial charge in [0.25, 0.3) is 0 Å². The van der Waals surface area contributed by atoms with Crippen LogP contribution in [0.4, 0.5) is 0 Å². The summed E-state index contributed by atoms with van der Waals surface area (Å²) in [5.41, 5.74) is 1.18. The summed E-state index contributed by atoms with van der Waals surface area (Å²) in [7, 11) is 0. The molecule has 0 aliphatic rings. The normalized spacial score (nSPS) is 13.1. The first kappa shape index (κ1) is 15.6. The van der Waals surface area contributed by atoms with Crippen molar-refractivity contribution in [3.8, 4) is 0 Å². The lowest BCUT2D eigenvalue weighted by molar-refractivity contribution is -0.119. The van der Waals surface area contributed by atoms with E-state index in [1.54, 1.807) is 0 Å². The van der Waals surface area contributed by atoms with Gasteiger partial charge in [0.05, 0.1) is 0 Å². The number of carbonyl (C=O) groups excluding carboxylic acids is 1. The molecule has 1 aromatic rings. The molecule has 6 heteroatoms. The van der Waals surface area contributed by atoms with Crippen LogP contribution < -0.4 is 10.6 Å². The molecular weight excluding hydrogens is 295 g/mol. The van der Waals surface area contributed by atoms with Crippen molar-refractivity contribution in [1.29, 1.82) is 0 Å². The minimum atomic E-state index is -1.58. The maximum Gasteiger partial charge on any atom is 0.223 e. The van der Waals surface area contributed by atoms with Gasteiger partial charge in [-0.15, -0.1) is 0 Å². The summed E-state index contributed by atoms with van der Waals surface area (Å²) in [6.07, 6.45) is 0.0845. The van der Waals surface area contributed by atoms with Gasteiger partial charge in [-0.2, -0.15) is 0 Å². The molecule has 0 spiro atoms. The quantitative estimate of drug-likeness (QED) is 0.648. The summed E-state index contributed by atoms with van der Waals surface area (Å²) in [5.74, 6) is -0.251. The fraction of sp³-hybridized carbons (Fsp3) is 0.417. The molecular formula is C12H15Cl3N2O. The van der Waals surface area contributed by atoms with Gasteiger partial charge in [-0.1, -0.05) is 65.1 Å². The molecule has 18 heavy (non-hydrogen) atoms. The summed E-state index contributed by atoms with van der Waals surface area (Å²) in [6, 6.07) is 9.93. The molecule has 3 nitrogen and oxygen atoms in total. The lowest BCUT2D eigenvalue weighted by Gasteiger charge is -2.26. The summed E-state index contributed by atoms with van der Waals surface area (Å²) in [6.45, 7) is 1.98. The molecule has 1 aromatic carbocycles. The second-order valence-electron chi connectivity index (χ2n) is 3.86. The Balaban J connectivity index is 2.45. The van der Waals surface area contributed by atoms with E-state index in [1.807, 2.05) is 30.3 Å². The molecule has 0 saturated heterocycles. The lowest BCUT2D eigenvalue weighted by atomic mass is 10.1. The maximum absolute atomic E-state index is 11.0. The number of alkyl halides is 3. The summed E-state index contributed by atoms with van der Waals surface area (Å²) < 4.78 is -1.58. The van der Waals surface area contributed by atoms with Crippen molar-refractivity contribution >= 4 is 40.7 Å². The van der Waals surface area contributed by atoms with Crippen LogP contribution in [0.2, 0.25) is 0 Å². The monoisotopic (exact) mass is 308 g/mol. The van der Waals surface area contributed by atoms with Crippen molar-refractivity contribution in [3.63, 3.8) is 0 Å². The highest BCUT2D eigenvalue weighted by Gasteiger charge is 2.32. The number of hydrogen-bond donors (Lipinski definition) is 2. The number of carbonyl (C=O) groups is 1. The fourth-order valence-corrected chi connectivity index (χ4v) is 1.85. The van der Waals surface area contributed by atoms with Gasteiger partial charge >= 0.3 is 0 Å². The number of nitrogens with one attached hydrogen (secondary N) is 2. The topological polar surface area (TPSA) is 41.1 Å². The van der Waals surface area contributed by atoms with Crippen molar-refractivity contribution in [1.82, 2.24) is 10.6 Å². The second kappa shape index (κ2) is 7.19. The van der Waals surface area contributed by atoms with E-state index in [1.165, 1.54) is 12.5 Å². The Morgan fingerprint density at radius 3 is 2.39 bits per heavy atom. The predicted molar refractivity (Wildman–Crippen MR) is 76.0 cm³/mol. The van der Waals surface area contributed by atoms with E-state index in [4.69, 9.17) is 34.8 Å². The van der Waals surface area contributed by atoms with E-state index >= 15 is 0 Å². The second-order valence-corrected chi connectivity index (χ2v) is 6.23. The summed E-state index contributed by atoms with van der Waals surface area (Å²) in [4.78, 5) is 11.0. The molecule has 100 valence electrons. The number of rotatable bonds is 5. The number of hydrogen-bond acceptors (Lipinski definition) is 2. The maximum atomic E-state index is 11.0. The predicted octanol–water partition coefficient (Wildman–Crippen LogP) is 2.65. The van der Waals surface area contributed by atoms with E-state index in [-0.39, 0.29) is 5.91 Å². The van der Waals surface area contributed by atoms with Crippen LogP contribution in [0.25, 0.3) is 0 Å². The van der Waals surface area contributed by atoms with E-state index in [2.05, 4.69) is 10.6 Å². The molecule has 1 rings (SSSR count). The van der Waals surface area contributed by atoms with Crippen LogP contribution in [-0.2, 0) is 11.2 Å². The Kier molecular flexibility index (Phi) is 6.22. The van der Waals surface area contributed by atoms with Crippen molar-refractivity contribution in [2.45, 2.75) is 23.3 Å². The summed E-state index contributed by atoms with van der Waals surface area (Å²) in [5, 5.41) is 5.57. The smallest absolute Gasteiger partial charge is 0.223 e. The zero-order chi connectivity index (χ0) is 13.6. The third kappa shape index (κ3) is 5.91. The molecule has 0 saturated carbocycles. The average Bonchev–Trinajstić information content (AvgIpc) is 2.27. The van der Waals surface area contributed by atoms with Gasteiger partial charge in [-0.25, -0.2) is 0 Å². The largest absolute Gasteiger partial charge is 0.337 e. The molecule has 0 radical (unpaired) electrons. The molecule has 1 amide bonds. The fourth-order valence-electron chi connectivity index (χ4n) is 1.46. The Labute approximate surface area is 122 Å². The van der Waals surface area contributed by atoms with Crippen LogP contribution in [0.1, 0.15) is 12.5 Å². The number of amides is 1. The van der Waals surface area contributed by atoms with E-state index < -0.39 is 9.96 Å². The molecule has 1 atom stereocenters. The third-order valence-corrected chi connectivity index (χ3v) is 2.93. The van der Waals surface area contributed by atoms with Crippen LogP contribution >= 0.6 is 34.8 Å². The van der Waals surface area contributed by atoms with Crippen molar-refractivity contribution in [2.75, 3.05) is 6.54 Å². The van der Waals surface area contributed by atoms with E-state index in [9.17, 15) is 4.79 Å². The molecule has 0 fully saturated rings. The van der Waals surface area contributed by atoms with Crippen LogP contribution in [-0.4, -0.2) is 22.4 Å². The Morgan fingerprint density at radius 2 is 1.89 bits per heavy atom. The first-order chi connectivity index (χ1) is 8.39. The minimum absolute atomic E-state index is 0.251. The van der Waals surface area contributed by atoms with Crippen molar-refractivity contribution in [2.24, 2.45) is 0 Å². The molecule has 0 aliphatic carbocycles. The SMILES string of the molecule is CC(=O)NC(NCCc1ccccc1)C(Cl)(Cl)Cl. The van der Waals surface area contributed by atoms with Gasteiger partial charge in [-0.3, -0.25) is 10.1 Å². The van der Waals surface area contributed by atoms with Gasteiger partial charge < -0.3 is 5.32 Å². The Hall–Kier alpha value is -0.480. The van der Waals surface area contributed by atoms with Gasteiger partial charge in [0, 0.05) is 13.5 Å². The third-order valence-electron chi connectivity index (χ3n) is 2.28. The van der Waals surface area contributed by atoms with Crippen molar-refractivity contribution in [3.05, 3.63) is 35.9 Å². The zero-order valence-corrected chi connectivity index (χ0v) is 12.2. The lowest BCUT2D eigenvalue weighted by Crippen LogP contribution is -2.53. The van der Waals surface area contributed by atoms with Crippen LogP contribution in [0.5, 0.6) is 0 Å². The first-order valence-electron chi connectivity index (χ1n) is 5.50. The molecule has 0 heterocycles. The standard InChI is InChI=1S/C12H15Cl3N2O/c1-9(18)17-11(12(13,14)15)16-8-7-10-5-3-2-4-6-10/h2-6,11,16H,7-8H2,1H3,(H,17,18). The minimum Gasteiger partial charge on any atom is -0.337 e. The summed E-state index contributed by atoms with van der Waals surface area (Å²) >= 11 is 17.3. The highest BCUT2D eigenvalue weighted by atomic mass is 35.6. The van der Waals surface area contributed by atoms with Gasteiger partial charge in [-0.05, 0) is 12.0 Å². The number of halogens is 3. The van der Waals surface area contributed by atoms with Crippen LogP contribution in [0.3, 0.4) is 0 Å². The highest BCUT2D eigenvalue weighted by molar-refractivity contribution is 6.68. The Bertz CT molecular complexity index is 379. The van der Waals surface area contributed by atoms with Gasteiger partial charge in [0.15, 0.2) is 0 Å². The van der Waals surface area contributed by atoms with Crippen LogP contribution in [0.15, 0.2) is 30.3 Å². The zero-order valence-electron chi connectivity index (χ0n) is 9.92.